The van der Waals surface area contributed by atoms with Gasteiger partial charge < -0.3 is 19.3 Å². The standard InChI is InChI=1S/C26H30N2O7/c1-16-20(33-23(31)27-18-10-6-4-7-11-18)14-21-25(3,15-29)26(21,35-17(2)30)22(16)34-24(32)28-19-12-8-5-9-13-19/h4-13,16,20-22,29H,14-15H2,1-3H3,(H,27,31)(H,28,32)/t16-,20-,21?,22+,25?,26+/m0/s1. The third-order valence-electron chi connectivity index (χ3n) is 7.22. The Morgan fingerprint density at radius 2 is 1.46 bits per heavy atom. The van der Waals surface area contributed by atoms with Crippen molar-refractivity contribution >= 4 is 29.5 Å². The van der Waals surface area contributed by atoms with Crippen molar-refractivity contribution in [3.63, 3.8) is 0 Å². The topological polar surface area (TPSA) is 123 Å². The minimum Gasteiger partial charge on any atom is -0.454 e. The lowest BCUT2D eigenvalue weighted by atomic mass is 9.82. The molecule has 0 spiro atoms. The molecule has 9 nitrogen and oxygen atoms in total. The Morgan fingerprint density at radius 3 is 1.94 bits per heavy atom. The van der Waals surface area contributed by atoms with Crippen LogP contribution in [0, 0.1) is 17.3 Å². The number of hydrogen-bond acceptors (Lipinski definition) is 7. The summed E-state index contributed by atoms with van der Waals surface area (Å²) in [6.45, 7) is 4.55. The molecule has 2 aromatic carbocycles. The van der Waals surface area contributed by atoms with Crippen LogP contribution in [0.5, 0.6) is 0 Å². The van der Waals surface area contributed by atoms with Gasteiger partial charge in [-0.3, -0.25) is 15.4 Å². The van der Waals surface area contributed by atoms with Gasteiger partial charge in [-0.05, 0) is 30.7 Å². The predicted octanol–water partition coefficient (Wildman–Crippen LogP) is 4.19. The summed E-state index contributed by atoms with van der Waals surface area (Å²) in [4.78, 5) is 37.5. The van der Waals surface area contributed by atoms with Crippen LogP contribution in [0.1, 0.15) is 27.2 Å². The number of para-hydroxylation sites is 2. The van der Waals surface area contributed by atoms with Crippen molar-refractivity contribution in [2.75, 3.05) is 17.2 Å². The number of rotatable bonds is 6. The van der Waals surface area contributed by atoms with Gasteiger partial charge in [-0.2, -0.15) is 0 Å². The smallest absolute Gasteiger partial charge is 0.412 e. The maximum atomic E-state index is 12.8. The lowest BCUT2D eigenvalue weighted by Crippen LogP contribution is -2.53. The van der Waals surface area contributed by atoms with E-state index in [1.807, 2.05) is 12.1 Å². The summed E-state index contributed by atoms with van der Waals surface area (Å²) in [5.41, 5.74) is -0.971. The van der Waals surface area contributed by atoms with E-state index in [9.17, 15) is 19.5 Å². The van der Waals surface area contributed by atoms with Crippen molar-refractivity contribution in [3.8, 4) is 0 Å². The van der Waals surface area contributed by atoms with E-state index in [0.717, 1.165) is 0 Å². The molecule has 6 atom stereocenters. The van der Waals surface area contributed by atoms with E-state index in [-0.39, 0.29) is 12.5 Å². The summed E-state index contributed by atoms with van der Waals surface area (Å²) < 4.78 is 17.4. The molecule has 2 amide bonds. The first kappa shape index (κ1) is 24.5. The maximum Gasteiger partial charge on any atom is 0.412 e. The molecule has 2 aliphatic rings. The number of esters is 1. The van der Waals surface area contributed by atoms with Crippen LogP contribution >= 0.6 is 0 Å². The number of carbonyl (C=O) groups is 3. The summed E-state index contributed by atoms with van der Waals surface area (Å²) >= 11 is 0. The number of hydrogen-bond donors (Lipinski definition) is 3. The zero-order valence-corrected chi connectivity index (χ0v) is 19.9. The second-order valence-corrected chi connectivity index (χ2v) is 9.36. The fourth-order valence-corrected chi connectivity index (χ4v) is 5.42. The Morgan fingerprint density at radius 1 is 0.943 bits per heavy atom. The fraction of sp³-hybridized carbons (Fsp3) is 0.423. The van der Waals surface area contributed by atoms with Gasteiger partial charge >= 0.3 is 18.2 Å². The van der Waals surface area contributed by atoms with E-state index in [1.54, 1.807) is 62.4 Å². The molecule has 0 heterocycles. The van der Waals surface area contributed by atoms with E-state index in [1.165, 1.54) is 6.92 Å². The van der Waals surface area contributed by atoms with Crippen molar-refractivity contribution < 1.29 is 33.7 Å². The van der Waals surface area contributed by atoms with Crippen LogP contribution in [0.15, 0.2) is 60.7 Å². The molecule has 0 saturated heterocycles. The number of anilines is 2. The largest absolute Gasteiger partial charge is 0.454 e. The summed E-state index contributed by atoms with van der Waals surface area (Å²) in [5, 5.41) is 15.6. The summed E-state index contributed by atoms with van der Waals surface area (Å²) in [5.74, 6) is -1.44. The number of carbonyl (C=O) groups excluding carboxylic acids is 3. The Kier molecular flexibility index (Phi) is 6.71. The van der Waals surface area contributed by atoms with Gasteiger partial charge in [0.2, 0.25) is 0 Å². The highest BCUT2D eigenvalue weighted by Gasteiger charge is 2.84. The lowest BCUT2D eigenvalue weighted by Gasteiger charge is -2.40. The number of aliphatic hydroxyl groups excluding tert-OH is 1. The Bertz CT molecular complexity index is 1080. The molecule has 3 N–H and O–H groups in total. The van der Waals surface area contributed by atoms with E-state index in [4.69, 9.17) is 14.2 Å². The molecule has 4 rings (SSSR count). The minimum atomic E-state index is -1.23. The molecule has 0 bridgehead atoms. The Hall–Kier alpha value is -3.59. The number of ether oxygens (including phenoxy) is 3. The third kappa shape index (κ3) is 4.55. The van der Waals surface area contributed by atoms with E-state index in [2.05, 4.69) is 10.6 Å². The van der Waals surface area contributed by atoms with Gasteiger partial charge in [0.15, 0.2) is 11.7 Å². The van der Waals surface area contributed by atoms with E-state index < -0.39 is 47.3 Å². The second kappa shape index (κ2) is 9.58. The lowest BCUT2D eigenvalue weighted by molar-refractivity contribution is -0.173. The highest BCUT2D eigenvalue weighted by Crippen LogP contribution is 2.71. The SMILES string of the molecule is CC(=O)O[C@]12C(C[C@H](OC(=O)Nc3ccccc3)[C@H](C)[C@H]1OC(=O)Nc1ccccc1)C2(C)CO. The Labute approximate surface area is 203 Å². The van der Waals surface area contributed by atoms with Crippen molar-refractivity contribution in [1.82, 2.24) is 0 Å². The van der Waals surface area contributed by atoms with Crippen LogP contribution in [0.25, 0.3) is 0 Å². The molecule has 2 unspecified atom stereocenters. The molecule has 2 aromatic rings. The highest BCUT2D eigenvalue weighted by atomic mass is 16.6. The van der Waals surface area contributed by atoms with Crippen LogP contribution in [-0.4, -0.2) is 47.7 Å². The van der Waals surface area contributed by atoms with Crippen LogP contribution < -0.4 is 10.6 Å². The first-order valence-corrected chi connectivity index (χ1v) is 11.6. The first-order chi connectivity index (χ1) is 16.7. The molecular weight excluding hydrogens is 452 g/mol. The van der Waals surface area contributed by atoms with Gasteiger partial charge in [0.25, 0.3) is 0 Å². The van der Waals surface area contributed by atoms with Gasteiger partial charge in [-0.15, -0.1) is 0 Å². The molecule has 35 heavy (non-hydrogen) atoms. The summed E-state index contributed by atoms with van der Waals surface area (Å²) in [6.07, 6.45) is -2.64. The monoisotopic (exact) mass is 482 g/mol. The van der Waals surface area contributed by atoms with Crippen LogP contribution in [-0.2, 0) is 19.0 Å². The maximum absolute atomic E-state index is 12.8. The highest BCUT2D eigenvalue weighted by molar-refractivity contribution is 5.85. The molecule has 0 radical (unpaired) electrons. The van der Waals surface area contributed by atoms with Gasteiger partial charge in [0, 0.05) is 35.5 Å². The number of aliphatic hydroxyl groups is 1. The van der Waals surface area contributed by atoms with E-state index >= 15 is 0 Å². The van der Waals surface area contributed by atoms with Gasteiger partial charge in [0.1, 0.15) is 6.10 Å². The molecule has 0 aromatic heterocycles. The predicted molar refractivity (Wildman–Crippen MR) is 128 cm³/mol. The first-order valence-electron chi connectivity index (χ1n) is 11.6. The van der Waals surface area contributed by atoms with Crippen molar-refractivity contribution in [2.45, 2.75) is 45.0 Å². The molecule has 2 fully saturated rings. The van der Waals surface area contributed by atoms with Gasteiger partial charge in [-0.25, -0.2) is 9.59 Å². The number of fused-ring (bicyclic) bond motifs is 1. The van der Waals surface area contributed by atoms with Crippen molar-refractivity contribution in [2.24, 2.45) is 17.3 Å². The summed E-state index contributed by atoms with van der Waals surface area (Å²) in [7, 11) is 0. The molecule has 0 aliphatic heterocycles. The Balaban J connectivity index is 1.57. The van der Waals surface area contributed by atoms with E-state index in [0.29, 0.717) is 17.8 Å². The molecule has 2 saturated carbocycles. The quantitative estimate of drug-likeness (QED) is 0.417. The normalized spacial score (nSPS) is 30.9. The molecule has 186 valence electrons. The zero-order chi connectivity index (χ0) is 25.2. The fourth-order valence-electron chi connectivity index (χ4n) is 5.42. The van der Waals surface area contributed by atoms with Gasteiger partial charge in [0.05, 0.1) is 6.61 Å². The average Bonchev–Trinajstić information content (AvgIpc) is 3.34. The molecule has 9 heteroatoms. The number of amides is 2. The minimum absolute atomic E-state index is 0.291. The van der Waals surface area contributed by atoms with Crippen molar-refractivity contribution in [1.29, 1.82) is 0 Å². The second-order valence-electron chi connectivity index (χ2n) is 9.36. The van der Waals surface area contributed by atoms with Crippen LogP contribution in [0.2, 0.25) is 0 Å². The van der Waals surface area contributed by atoms with Crippen LogP contribution in [0.4, 0.5) is 21.0 Å². The number of nitrogens with one attached hydrogen (secondary N) is 2. The summed E-state index contributed by atoms with van der Waals surface area (Å²) in [6, 6.07) is 17.7. The van der Waals surface area contributed by atoms with Gasteiger partial charge in [-0.1, -0.05) is 50.2 Å². The van der Waals surface area contributed by atoms with Crippen molar-refractivity contribution in [3.05, 3.63) is 60.7 Å². The number of benzene rings is 2. The van der Waals surface area contributed by atoms with Crippen LogP contribution in [0.3, 0.4) is 0 Å². The molecular formula is C26H30N2O7. The third-order valence-corrected chi connectivity index (χ3v) is 7.22. The zero-order valence-electron chi connectivity index (χ0n) is 19.9. The average molecular weight is 483 g/mol. The molecule has 2 aliphatic carbocycles.